The molecule has 0 aromatic heterocycles. The number of benzene rings is 1. The van der Waals surface area contributed by atoms with Gasteiger partial charge in [-0.05, 0) is 6.07 Å². The van der Waals surface area contributed by atoms with Crippen molar-refractivity contribution in [3.8, 4) is 0 Å². The molecule has 10 heteroatoms. The summed E-state index contributed by atoms with van der Waals surface area (Å²) in [4.78, 5) is 35.9. The van der Waals surface area contributed by atoms with Gasteiger partial charge in [0.05, 0.1) is 6.21 Å². The molecule has 5 amide bonds. The van der Waals surface area contributed by atoms with E-state index in [9.17, 15) is 18.8 Å². The van der Waals surface area contributed by atoms with E-state index in [4.69, 9.17) is 0 Å². The van der Waals surface area contributed by atoms with E-state index in [2.05, 4.69) is 26.5 Å². The van der Waals surface area contributed by atoms with Crippen LogP contribution in [0.25, 0.3) is 0 Å². The largest absolute Gasteiger partial charge is 0.321 e. The fraction of sp³-hybridized carbons (Fsp3) is 0.231. The van der Waals surface area contributed by atoms with Gasteiger partial charge in [-0.3, -0.25) is 9.69 Å². The molecule has 2 heterocycles. The minimum atomic E-state index is -0.642. The smallest absolute Gasteiger partial charge is 0.314 e. The summed E-state index contributed by atoms with van der Waals surface area (Å²) in [6.07, 6.45) is -0.0556. The van der Waals surface area contributed by atoms with Crippen molar-refractivity contribution in [2.75, 3.05) is 6.54 Å². The lowest BCUT2D eigenvalue weighted by atomic mass is 10.2. The number of carbonyl (C=O) groups is 3. The van der Waals surface area contributed by atoms with E-state index in [-0.39, 0.29) is 12.1 Å². The summed E-state index contributed by atoms with van der Waals surface area (Å²) in [6.45, 7) is -0.302. The van der Waals surface area contributed by atoms with Gasteiger partial charge in [0.2, 0.25) is 0 Å². The number of hydrogen-bond acceptors (Lipinski definition) is 4. The fourth-order valence-corrected chi connectivity index (χ4v) is 2.31. The standard InChI is InChI=1S/C13H13FN6O3/c14-8-4-2-1-3-7(8)5-15-19-9(21)6-20-11-10(17-13(20)23)16-12(22)18-11/h1-5,10-11H,6H2,(H,17,23)(H,19,21)(H2,16,18,22)/b15-5-/t10-,11-/m1/s1. The Morgan fingerprint density at radius 1 is 1.30 bits per heavy atom. The van der Waals surface area contributed by atoms with E-state index in [1.165, 1.54) is 24.4 Å². The summed E-state index contributed by atoms with van der Waals surface area (Å²) >= 11 is 0. The Morgan fingerprint density at radius 2 is 2.09 bits per heavy atom. The molecule has 0 unspecified atom stereocenters. The Labute approximate surface area is 129 Å². The third-order valence-electron chi connectivity index (χ3n) is 3.37. The van der Waals surface area contributed by atoms with Crippen LogP contribution in [0.3, 0.4) is 0 Å². The molecule has 0 aliphatic carbocycles. The third-order valence-corrected chi connectivity index (χ3v) is 3.37. The van der Waals surface area contributed by atoms with Crippen LogP contribution in [0.15, 0.2) is 29.4 Å². The Balaban J connectivity index is 1.56. The van der Waals surface area contributed by atoms with E-state index in [1.807, 2.05) is 0 Å². The molecule has 2 atom stereocenters. The molecule has 2 fully saturated rings. The number of fused-ring (bicyclic) bond motifs is 1. The molecule has 2 aliphatic rings. The first kappa shape index (κ1) is 14.8. The molecule has 4 N–H and O–H groups in total. The molecule has 1 aromatic carbocycles. The fourth-order valence-electron chi connectivity index (χ4n) is 2.31. The zero-order chi connectivity index (χ0) is 16.4. The third kappa shape index (κ3) is 3.05. The SMILES string of the molecule is O=C(CN1C(=O)N[C@H]2NC(=O)N[C@@H]21)N/N=C\c1ccccc1F. The zero-order valence-electron chi connectivity index (χ0n) is 11.7. The van der Waals surface area contributed by atoms with Gasteiger partial charge in [0.1, 0.15) is 24.7 Å². The Hall–Kier alpha value is -3.17. The number of nitrogens with one attached hydrogen (secondary N) is 4. The van der Waals surface area contributed by atoms with Crippen LogP contribution in [-0.2, 0) is 4.79 Å². The van der Waals surface area contributed by atoms with Gasteiger partial charge in [-0.15, -0.1) is 0 Å². The number of halogens is 1. The number of nitrogens with zero attached hydrogens (tertiary/aromatic N) is 2. The quantitative estimate of drug-likeness (QED) is 0.433. The summed E-state index contributed by atoms with van der Waals surface area (Å²) in [6, 6.07) is 5.04. The lowest BCUT2D eigenvalue weighted by Crippen LogP contribution is -2.47. The highest BCUT2D eigenvalue weighted by Crippen LogP contribution is 2.13. The normalized spacial score (nSPS) is 22.6. The van der Waals surface area contributed by atoms with Crippen molar-refractivity contribution >= 4 is 24.2 Å². The molecule has 23 heavy (non-hydrogen) atoms. The van der Waals surface area contributed by atoms with E-state index >= 15 is 0 Å². The number of rotatable bonds is 4. The summed E-state index contributed by atoms with van der Waals surface area (Å²) in [5, 5.41) is 11.2. The molecule has 0 radical (unpaired) electrons. The van der Waals surface area contributed by atoms with Gasteiger partial charge in [-0.25, -0.2) is 19.4 Å². The maximum atomic E-state index is 13.4. The maximum absolute atomic E-state index is 13.4. The lowest BCUT2D eigenvalue weighted by Gasteiger charge is -2.19. The molecular formula is C13H13FN6O3. The van der Waals surface area contributed by atoms with Gasteiger partial charge in [0, 0.05) is 5.56 Å². The minimum absolute atomic E-state index is 0.221. The highest BCUT2D eigenvalue weighted by atomic mass is 19.1. The number of amides is 5. The molecule has 0 saturated carbocycles. The van der Waals surface area contributed by atoms with Gasteiger partial charge < -0.3 is 16.0 Å². The van der Waals surface area contributed by atoms with Crippen molar-refractivity contribution in [1.82, 2.24) is 26.3 Å². The average molecular weight is 320 g/mol. The molecule has 3 rings (SSSR count). The first-order valence-corrected chi connectivity index (χ1v) is 6.75. The average Bonchev–Trinajstić information content (AvgIpc) is 2.98. The van der Waals surface area contributed by atoms with E-state index in [0.29, 0.717) is 0 Å². The topological polar surface area (TPSA) is 115 Å². The van der Waals surface area contributed by atoms with Gasteiger partial charge in [0.25, 0.3) is 5.91 Å². The summed E-state index contributed by atoms with van der Waals surface area (Å²) in [5.74, 6) is -1.04. The number of hydrogen-bond donors (Lipinski definition) is 4. The van der Waals surface area contributed by atoms with E-state index in [1.54, 1.807) is 6.07 Å². The van der Waals surface area contributed by atoms with Gasteiger partial charge in [-0.1, -0.05) is 18.2 Å². The summed E-state index contributed by atoms with van der Waals surface area (Å²) in [5.41, 5.74) is 2.43. The second-order valence-electron chi connectivity index (χ2n) is 4.93. The van der Waals surface area contributed by atoms with Crippen LogP contribution in [0.5, 0.6) is 0 Å². The number of carbonyl (C=O) groups excluding carboxylic acids is 3. The van der Waals surface area contributed by atoms with Crippen LogP contribution in [0.2, 0.25) is 0 Å². The van der Waals surface area contributed by atoms with Gasteiger partial charge in [0.15, 0.2) is 0 Å². The van der Waals surface area contributed by atoms with Gasteiger partial charge in [-0.2, -0.15) is 5.10 Å². The van der Waals surface area contributed by atoms with Crippen molar-refractivity contribution in [1.29, 1.82) is 0 Å². The van der Waals surface area contributed by atoms with Crippen LogP contribution >= 0.6 is 0 Å². The molecule has 9 nitrogen and oxygen atoms in total. The molecule has 2 saturated heterocycles. The Kier molecular flexibility index (Phi) is 3.79. The number of hydrazone groups is 1. The highest BCUT2D eigenvalue weighted by Gasteiger charge is 2.45. The Bertz CT molecular complexity index is 694. The van der Waals surface area contributed by atoms with Gasteiger partial charge >= 0.3 is 12.1 Å². The second kappa shape index (κ2) is 5.91. The lowest BCUT2D eigenvalue weighted by molar-refractivity contribution is -0.121. The molecule has 120 valence electrons. The van der Waals surface area contributed by atoms with Crippen LogP contribution in [0.1, 0.15) is 5.56 Å². The van der Waals surface area contributed by atoms with Crippen molar-refractivity contribution in [2.45, 2.75) is 12.3 Å². The second-order valence-corrected chi connectivity index (χ2v) is 4.93. The molecule has 0 bridgehead atoms. The Morgan fingerprint density at radius 3 is 2.87 bits per heavy atom. The van der Waals surface area contributed by atoms with Crippen molar-refractivity contribution in [3.63, 3.8) is 0 Å². The van der Waals surface area contributed by atoms with E-state index in [0.717, 1.165) is 4.90 Å². The van der Waals surface area contributed by atoms with Crippen LogP contribution < -0.4 is 21.4 Å². The van der Waals surface area contributed by atoms with Crippen LogP contribution in [0, 0.1) is 5.82 Å². The molecule has 0 spiro atoms. The molecular weight excluding hydrogens is 307 g/mol. The first-order chi connectivity index (χ1) is 11.0. The predicted molar refractivity (Wildman–Crippen MR) is 76.6 cm³/mol. The zero-order valence-corrected chi connectivity index (χ0v) is 11.7. The maximum Gasteiger partial charge on any atom is 0.321 e. The van der Waals surface area contributed by atoms with Crippen molar-refractivity contribution < 1.29 is 18.8 Å². The predicted octanol–water partition coefficient (Wildman–Crippen LogP) is -0.734. The van der Waals surface area contributed by atoms with Crippen LogP contribution in [-0.4, -0.2) is 48.0 Å². The van der Waals surface area contributed by atoms with Crippen LogP contribution in [0.4, 0.5) is 14.0 Å². The number of urea groups is 2. The first-order valence-electron chi connectivity index (χ1n) is 6.75. The highest BCUT2D eigenvalue weighted by molar-refractivity contribution is 5.89. The monoisotopic (exact) mass is 320 g/mol. The van der Waals surface area contributed by atoms with Crippen molar-refractivity contribution in [2.24, 2.45) is 5.10 Å². The van der Waals surface area contributed by atoms with Crippen molar-refractivity contribution in [3.05, 3.63) is 35.6 Å². The summed E-state index contributed by atoms with van der Waals surface area (Å²) < 4.78 is 13.4. The van der Waals surface area contributed by atoms with E-state index < -0.39 is 36.1 Å². The molecule has 1 aromatic rings. The summed E-state index contributed by atoms with van der Waals surface area (Å²) in [7, 11) is 0. The minimum Gasteiger partial charge on any atom is -0.314 e. The molecule has 2 aliphatic heterocycles.